The predicted molar refractivity (Wildman–Crippen MR) is 73.6 cm³/mol. The summed E-state index contributed by atoms with van der Waals surface area (Å²) in [6.07, 6.45) is 0. The van der Waals surface area contributed by atoms with Crippen LogP contribution in [0.15, 0.2) is 22.9 Å². The minimum Gasteiger partial charge on any atom is -0.314 e. The molecule has 3 nitrogen and oxygen atoms in total. The maximum Gasteiger partial charge on any atom is 0.107 e. The zero-order valence-corrected chi connectivity index (χ0v) is 11.2. The number of hydrogen-bond donors (Lipinski definition) is 1. The summed E-state index contributed by atoms with van der Waals surface area (Å²) < 4.78 is 0. The Morgan fingerprint density at radius 2 is 2.18 bits per heavy atom. The Kier molecular flexibility index (Phi) is 3.51. The first-order chi connectivity index (χ1) is 8.42. The Balaban J connectivity index is 1.68. The molecule has 0 atom stereocenters. The van der Waals surface area contributed by atoms with Gasteiger partial charge in [0.15, 0.2) is 0 Å². The van der Waals surface area contributed by atoms with E-state index < -0.39 is 0 Å². The van der Waals surface area contributed by atoms with E-state index in [2.05, 4.69) is 33.1 Å². The van der Waals surface area contributed by atoms with Crippen LogP contribution >= 0.6 is 22.7 Å². The minimum absolute atomic E-state index is 0.998. The monoisotopic (exact) mass is 265 g/mol. The van der Waals surface area contributed by atoms with Crippen LogP contribution in [0.4, 0.5) is 0 Å². The molecule has 0 amide bonds. The number of piperazine rings is 1. The van der Waals surface area contributed by atoms with Gasteiger partial charge in [-0.2, -0.15) is 0 Å². The summed E-state index contributed by atoms with van der Waals surface area (Å²) in [5.74, 6) is 0. The average Bonchev–Trinajstić information content (AvgIpc) is 3.00. The van der Waals surface area contributed by atoms with E-state index in [4.69, 9.17) is 4.98 Å². The van der Waals surface area contributed by atoms with E-state index in [1.807, 2.05) is 0 Å². The molecule has 0 spiro atoms. The molecule has 90 valence electrons. The smallest absolute Gasteiger partial charge is 0.107 e. The SMILES string of the molecule is c1csc(-c2csc(CN3CCNCC3)n2)c1. The van der Waals surface area contributed by atoms with Gasteiger partial charge in [0.25, 0.3) is 0 Å². The summed E-state index contributed by atoms with van der Waals surface area (Å²) >= 11 is 3.53. The molecule has 1 aliphatic heterocycles. The Hall–Kier alpha value is -0.750. The number of nitrogens with one attached hydrogen (secondary N) is 1. The quantitative estimate of drug-likeness (QED) is 0.923. The summed E-state index contributed by atoms with van der Waals surface area (Å²) in [5.41, 5.74) is 1.13. The highest BCUT2D eigenvalue weighted by molar-refractivity contribution is 7.14. The van der Waals surface area contributed by atoms with Gasteiger partial charge in [0.1, 0.15) is 5.01 Å². The first kappa shape index (κ1) is 11.3. The third-order valence-corrected chi connectivity index (χ3v) is 4.62. The Bertz CT molecular complexity index is 458. The summed E-state index contributed by atoms with van der Waals surface area (Å²) in [4.78, 5) is 8.45. The third-order valence-electron chi connectivity index (χ3n) is 2.89. The molecule has 17 heavy (non-hydrogen) atoms. The zero-order chi connectivity index (χ0) is 11.5. The van der Waals surface area contributed by atoms with Crippen LogP contribution in [0, 0.1) is 0 Å². The van der Waals surface area contributed by atoms with Crippen molar-refractivity contribution in [3.05, 3.63) is 27.9 Å². The van der Waals surface area contributed by atoms with Crippen molar-refractivity contribution in [3.63, 3.8) is 0 Å². The lowest BCUT2D eigenvalue weighted by Gasteiger charge is -2.26. The van der Waals surface area contributed by atoms with Crippen molar-refractivity contribution < 1.29 is 0 Å². The fourth-order valence-electron chi connectivity index (χ4n) is 1.98. The highest BCUT2D eigenvalue weighted by Crippen LogP contribution is 2.26. The van der Waals surface area contributed by atoms with E-state index in [0.29, 0.717) is 0 Å². The van der Waals surface area contributed by atoms with Crippen molar-refractivity contribution in [1.82, 2.24) is 15.2 Å². The molecule has 5 heteroatoms. The molecule has 1 aliphatic rings. The van der Waals surface area contributed by atoms with Crippen LogP contribution in [-0.2, 0) is 6.54 Å². The summed E-state index contributed by atoms with van der Waals surface area (Å²) in [6.45, 7) is 5.46. The second-order valence-corrected chi connectivity index (χ2v) is 6.02. The van der Waals surface area contributed by atoms with E-state index >= 15 is 0 Å². The van der Waals surface area contributed by atoms with Gasteiger partial charge in [-0.3, -0.25) is 4.90 Å². The molecule has 1 fully saturated rings. The van der Waals surface area contributed by atoms with Crippen molar-refractivity contribution in [1.29, 1.82) is 0 Å². The van der Waals surface area contributed by atoms with E-state index in [0.717, 1.165) is 38.4 Å². The van der Waals surface area contributed by atoms with Gasteiger partial charge in [-0.1, -0.05) is 6.07 Å². The summed E-state index contributed by atoms with van der Waals surface area (Å²) in [6, 6.07) is 4.21. The van der Waals surface area contributed by atoms with Crippen LogP contribution in [0.2, 0.25) is 0 Å². The van der Waals surface area contributed by atoms with Crippen molar-refractivity contribution in [2.75, 3.05) is 26.2 Å². The number of thiazole rings is 1. The number of thiophene rings is 1. The molecule has 0 saturated carbocycles. The fourth-order valence-corrected chi connectivity index (χ4v) is 3.58. The number of aromatic nitrogens is 1. The topological polar surface area (TPSA) is 28.2 Å². The molecule has 0 radical (unpaired) electrons. The second-order valence-electron chi connectivity index (χ2n) is 4.13. The van der Waals surface area contributed by atoms with Crippen molar-refractivity contribution in [2.24, 2.45) is 0 Å². The summed E-state index contributed by atoms with van der Waals surface area (Å²) in [5, 5.41) is 8.87. The normalized spacial score (nSPS) is 17.4. The van der Waals surface area contributed by atoms with Crippen LogP contribution in [0.25, 0.3) is 10.6 Å². The highest BCUT2D eigenvalue weighted by Gasteiger charge is 2.12. The van der Waals surface area contributed by atoms with E-state index in [-0.39, 0.29) is 0 Å². The van der Waals surface area contributed by atoms with Crippen LogP contribution < -0.4 is 5.32 Å². The first-order valence-electron chi connectivity index (χ1n) is 5.83. The lowest BCUT2D eigenvalue weighted by molar-refractivity contribution is 0.233. The van der Waals surface area contributed by atoms with Gasteiger partial charge in [-0.05, 0) is 11.4 Å². The molecule has 2 aromatic heterocycles. The molecule has 3 heterocycles. The second kappa shape index (κ2) is 5.27. The fraction of sp³-hybridized carbons (Fsp3) is 0.417. The van der Waals surface area contributed by atoms with Gasteiger partial charge in [-0.25, -0.2) is 4.98 Å². The number of rotatable bonds is 3. The lowest BCUT2D eigenvalue weighted by atomic mass is 10.3. The van der Waals surface area contributed by atoms with E-state index in [1.54, 1.807) is 22.7 Å². The third kappa shape index (κ3) is 2.74. The molecule has 1 N–H and O–H groups in total. The predicted octanol–water partition coefficient (Wildman–Crippen LogP) is 2.28. The Morgan fingerprint density at radius 3 is 2.94 bits per heavy atom. The van der Waals surface area contributed by atoms with Gasteiger partial charge >= 0.3 is 0 Å². The summed E-state index contributed by atoms with van der Waals surface area (Å²) in [7, 11) is 0. The molecular weight excluding hydrogens is 250 g/mol. The molecule has 1 saturated heterocycles. The molecule has 3 rings (SSSR count). The number of hydrogen-bond acceptors (Lipinski definition) is 5. The van der Waals surface area contributed by atoms with E-state index in [9.17, 15) is 0 Å². The molecular formula is C12H15N3S2. The molecule has 0 bridgehead atoms. The average molecular weight is 265 g/mol. The number of nitrogens with zero attached hydrogens (tertiary/aromatic N) is 2. The maximum absolute atomic E-state index is 4.71. The minimum atomic E-state index is 0.998. The van der Waals surface area contributed by atoms with Gasteiger partial charge in [0.05, 0.1) is 17.1 Å². The zero-order valence-electron chi connectivity index (χ0n) is 9.56. The van der Waals surface area contributed by atoms with Gasteiger partial charge < -0.3 is 5.32 Å². The van der Waals surface area contributed by atoms with Crippen LogP contribution in [-0.4, -0.2) is 36.1 Å². The molecule has 0 aliphatic carbocycles. The molecule has 0 aromatic carbocycles. The maximum atomic E-state index is 4.71. The van der Waals surface area contributed by atoms with Crippen molar-refractivity contribution >= 4 is 22.7 Å². The molecule has 0 unspecified atom stereocenters. The first-order valence-corrected chi connectivity index (χ1v) is 7.59. The highest BCUT2D eigenvalue weighted by atomic mass is 32.1. The van der Waals surface area contributed by atoms with Gasteiger partial charge in [-0.15, -0.1) is 22.7 Å². The Labute approximate surface area is 109 Å². The van der Waals surface area contributed by atoms with Gasteiger partial charge in [0.2, 0.25) is 0 Å². The van der Waals surface area contributed by atoms with Crippen molar-refractivity contribution in [3.8, 4) is 10.6 Å². The van der Waals surface area contributed by atoms with Gasteiger partial charge in [0, 0.05) is 31.6 Å². The largest absolute Gasteiger partial charge is 0.314 e. The van der Waals surface area contributed by atoms with Crippen LogP contribution in [0.1, 0.15) is 5.01 Å². The lowest BCUT2D eigenvalue weighted by Crippen LogP contribution is -2.42. The Morgan fingerprint density at radius 1 is 1.29 bits per heavy atom. The van der Waals surface area contributed by atoms with Crippen LogP contribution in [0.3, 0.4) is 0 Å². The standard InChI is InChI=1S/C12H15N3S2/c1-2-11(16-7-1)10-9-17-12(14-10)8-15-5-3-13-4-6-15/h1-2,7,9,13H,3-6,8H2. The molecule has 2 aromatic rings. The van der Waals surface area contributed by atoms with Crippen LogP contribution in [0.5, 0.6) is 0 Å². The van der Waals surface area contributed by atoms with Crippen molar-refractivity contribution in [2.45, 2.75) is 6.54 Å². The van der Waals surface area contributed by atoms with E-state index in [1.165, 1.54) is 9.88 Å².